The normalized spacial score (nSPS) is 16.7. The first kappa shape index (κ1) is 29.3. The van der Waals surface area contributed by atoms with Crippen molar-refractivity contribution in [1.82, 2.24) is 40.4 Å². The van der Waals surface area contributed by atoms with Gasteiger partial charge in [0.05, 0.1) is 24.9 Å². The number of benzene rings is 2. The van der Waals surface area contributed by atoms with E-state index in [1.165, 1.54) is 19.2 Å². The molecule has 4 heterocycles. The molecule has 2 aliphatic heterocycles. The molecule has 228 valence electrons. The van der Waals surface area contributed by atoms with E-state index < -0.39 is 0 Å². The van der Waals surface area contributed by atoms with Gasteiger partial charge in [0.15, 0.2) is 0 Å². The van der Waals surface area contributed by atoms with Crippen LogP contribution in [0.4, 0.5) is 17.3 Å². The Morgan fingerprint density at radius 1 is 1.02 bits per heavy atom. The summed E-state index contributed by atoms with van der Waals surface area (Å²) >= 11 is 0. The third-order valence-corrected chi connectivity index (χ3v) is 8.18. The Balaban J connectivity index is 1.10. The summed E-state index contributed by atoms with van der Waals surface area (Å²) < 4.78 is 13.4. The molecule has 2 aromatic carbocycles. The van der Waals surface area contributed by atoms with E-state index in [4.69, 9.17) is 9.47 Å². The molecule has 0 bridgehead atoms. The molecule has 0 spiro atoms. The number of tetrazole rings is 1. The van der Waals surface area contributed by atoms with Crippen molar-refractivity contribution in [2.24, 2.45) is 0 Å². The van der Waals surface area contributed by atoms with Gasteiger partial charge in [-0.2, -0.15) is 5.26 Å². The maximum atomic E-state index is 9.60. The molecule has 44 heavy (non-hydrogen) atoms. The van der Waals surface area contributed by atoms with Crippen LogP contribution in [0.2, 0.25) is 0 Å². The fourth-order valence-corrected chi connectivity index (χ4v) is 5.85. The lowest BCUT2D eigenvalue weighted by atomic mass is 10.0. The Bertz CT molecular complexity index is 1560. The smallest absolute Gasteiger partial charge is 0.227 e. The van der Waals surface area contributed by atoms with Crippen LogP contribution in [0, 0.1) is 11.3 Å². The summed E-state index contributed by atoms with van der Waals surface area (Å²) in [6.07, 6.45) is 7.11. The number of hydrogen-bond donors (Lipinski definition) is 2. The number of nitrogens with one attached hydrogen (secondary N) is 2. The number of nitrogens with zero attached hydrogens (tertiary/aromatic N) is 9. The fourth-order valence-electron chi connectivity index (χ4n) is 5.85. The van der Waals surface area contributed by atoms with Crippen molar-refractivity contribution < 1.29 is 9.47 Å². The van der Waals surface area contributed by atoms with Gasteiger partial charge in [-0.25, -0.2) is 14.6 Å². The largest absolute Gasteiger partial charge is 0.494 e. The fraction of sp³-hybridized carbons (Fsp3) is 0.419. The molecule has 4 aromatic rings. The van der Waals surface area contributed by atoms with Crippen LogP contribution in [-0.2, 0) is 6.54 Å². The van der Waals surface area contributed by atoms with Gasteiger partial charge < -0.3 is 25.0 Å². The lowest BCUT2D eigenvalue weighted by Crippen LogP contribution is -2.52. The van der Waals surface area contributed by atoms with Crippen molar-refractivity contribution in [2.75, 3.05) is 56.6 Å². The summed E-state index contributed by atoms with van der Waals surface area (Å²) in [4.78, 5) is 14.2. The van der Waals surface area contributed by atoms with Crippen molar-refractivity contribution in [3.8, 4) is 28.7 Å². The summed E-state index contributed by atoms with van der Waals surface area (Å²) in [6.45, 7) is 8.90. The second kappa shape index (κ2) is 13.7. The van der Waals surface area contributed by atoms with Gasteiger partial charge in [-0.05, 0) is 60.0 Å². The standard InChI is InChI=1S/C31H37N11O2/c1-22(20-42-21-36-38-39-42)44-29-15-23(3-4-24(29)17-32)25-18-34-31(35-19-25)37-28-6-5-27(16-30(28)43-2)40-11-7-26(8-12-40)41-13-9-33-10-14-41/h3-6,15-16,18-19,21-22,26,33H,7-14,20H2,1-2H3,(H,34,35,37)/t22-/m0/s1. The lowest BCUT2D eigenvalue weighted by Gasteiger charge is -2.41. The third-order valence-electron chi connectivity index (χ3n) is 8.18. The van der Waals surface area contributed by atoms with Gasteiger partial charge in [-0.3, -0.25) is 4.90 Å². The third kappa shape index (κ3) is 6.88. The molecule has 1 atom stereocenters. The monoisotopic (exact) mass is 595 g/mol. The van der Waals surface area contributed by atoms with Gasteiger partial charge >= 0.3 is 0 Å². The first-order valence-corrected chi connectivity index (χ1v) is 15.0. The molecular formula is C31H37N11O2. The summed E-state index contributed by atoms with van der Waals surface area (Å²) in [7, 11) is 1.68. The van der Waals surface area contributed by atoms with Crippen molar-refractivity contribution in [3.63, 3.8) is 0 Å². The molecule has 0 radical (unpaired) electrons. The van der Waals surface area contributed by atoms with Crippen LogP contribution in [0.1, 0.15) is 25.3 Å². The number of piperazine rings is 1. The van der Waals surface area contributed by atoms with E-state index in [0.717, 1.165) is 67.5 Å². The molecule has 2 saturated heterocycles. The Hall–Kier alpha value is -4.80. The number of nitriles is 1. The average molecular weight is 596 g/mol. The Morgan fingerprint density at radius 2 is 1.82 bits per heavy atom. The van der Waals surface area contributed by atoms with Crippen molar-refractivity contribution in [2.45, 2.75) is 38.5 Å². The minimum absolute atomic E-state index is 0.255. The summed E-state index contributed by atoms with van der Waals surface area (Å²) in [6, 6.07) is 14.5. The van der Waals surface area contributed by atoms with Gasteiger partial charge in [-0.1, -0.05) is 6.07 Å². The molecule has 0 aliphatic carbocycles. The molecule has 13 nitrogen and oxygen atoms in total. The number of hydrogen-bond acceptors (Lipinski definition) is 12. The quantitative estimate of drug-likeness (QED) is 0.278. The second-order valence-corrected chi connectivity index (χ2v) is 11.1. The zero-order valence-corrected chi connectivity index (χ0v) is 25.1. The summed E-state index contributed by atoms with van der Waals surface area (Å²) in [5.74, 6) is 1.67. The van der Waals surface area contributed by atoms with Crippen molar-refractivity contribution in [1.29, 1.82) is 5.26 Å². The van der Waals surface area contributed by atoms with E-state index in [2.05, 4.69) is 64.1 Å². The Labute approximate surface area is 256 Å². The van der Waals surface area contributed by atoms with Crippen LogP contribution in [0.5, 0.6) is 11.5 Å². The van der Waals surface area contributed by atoms with Gasteiger partial charge in [0.1, 0.15) is 30.0 Å². The number of rotatable bonds is 10. The van der Waals surface area contributed by atoms with E-state index >= 15 is 0 Å². The number of piperidine rings is 1. The van der Waals surface area contributed by atoms with Crippen LogP contribution in [0.3, 0.4) is 0 Å². The van der Waals surface area contributed by atoms with Gasteiger partial charge in [0.2, 0.25) is 5.95 Å². The molecule has 0 saturated carbocycles. The number of anilines is 3. The molecule has 13 heteroatoms. The maximum Gasteiger partial charge on any atom is 0.227 e. The predicted octanol–water partition coefficient (Wildman–Crippen LogP) is 3.10. The topological polar surface area (TPSA) is 142 Å². The minimum Gasteiger partial charge on any atom is -0.494 e. The lowest BCUT2D eigenvalue weighted by molar-refractivity contribution is 0.150. The summed E-state index contributed by atoms with van der Waals surface area (Å²) in [5, 5.41) is 27.5. The van der Waals surface area contributed by atoms with Crippen LogP contribution >= 0.6 is 0 Å². The highest BCUT2D eigenvalue weighted by Gasteiger charge is 2.26. The number of aromatic nitrogens is 6. The van der Waals surface area contributed by atoms with Crippen molar-refractivity contribution in [3.05, 3.63) is 60.7 Å². The molecule has 2 aromatic heterocycles. The molecule has 0 amide bonds. The average Bonchev–Trinajstić information content (AvgIpc) is 3.58. The van der Waals surface area contributed by atoms with Crippen LogP contribution in [0.25, 0.3) is 11.1 Å². The van der Waals surface area contributed by atoms with E-state index in [1.54, 1.807) is 30.3 Å². The Kier molecular flexibility index (Phi) is 9.09. The van der Waals surface area contributed by atoms with E-state index in [0.29, 0.717) is 29.8 Å². The summed E-state index contributed by atoms with van der Waals surface area (Å²) in [5.41, 5.74) is 4.03. The second-order valence-electron chi connectivity index (χ2n) is 11.1. The SMILES string of the molecule is COc1cc(N2CCC(N3CCNCC3)CC2)ccc1Nc1ncc(-c2ccc(C#N)c(O[C@@H](C)Cn3cnnn3)c2)cn1. The first-order valence-electron chi connectivity index (χ1n) is 15.0. The van der Waals surface area contributed by atoms with Crippen molar-refractivity contribution >= 4 is 17.3 Å². The van der Waals surface area contributed by atoms with E-state index in [1.807, 2.05) is 25.1 Å². The highest BCUT2D eigenvalue weighted by Crippen LogP contribution is 2.33. The van der Waals surface area contributed by atoms with E-state index in [-0.39, 0.29) is 6.10 Å². The van der Waals surface area contributed by atoms with Gasteiger partial charge in [0.25, 0.3) is 0 Å². The number of methoxy groups -OCH3 is 1. The highest BCUT2D eigenvalue weighted by molar-refractivity contribution is 5.70. The maximum absolute atomic E-state index is 9.60. The predicted molar refractivity (Wildman–Crippen MR) is 166 cm³/mol. The molecule has 2 N–H and O–H groups in total. The Morgan fingerprint density at radius 3 is 2.52 bits per heavy atom. The first-order chi connectivity index (χ1) is 21.6. The molecule has 6 rings (SSSR count). The van der Waals surface area contributed by atoms with Gasteiger partial charge in [0, 0.05) is 75.0 Å². The van der Waals surface area contributed by atoms with Crippen LogP contribution in [-0.4, -0.2) is 93.6 Å². The number of ether oxygens (including phenoxy) is 2. The zero-order chi connectivity index (χ0) is 30.3. The van der Waals surface area contributed by atoms with Crippen LogP contribution in [0.15, 0.2) is 55.1 Å². The minimum atomic E-state index is -0.255. The van der Waals surface area contributed by atoms with Gasteiger partial charge in [-0.15, -0.1) is 5.10 Å². The molecule has 2 fully saturated rings. The molecule has 2 aliphatic rings. The molecule has 0 unspecified atom stereocenters. The van der Waals surface area contributed by atoms with Crippen LogP contribution < -0.4 is 25.0 Å². The zero-order valence-electron chi connectivity index (χ0n) is 25.1. The highest BCUT2D eigenvalue weighted by atomic mass is 16.5. The molecular weight excluding hydrogens is 558 g/mol. The van der Waals surface area contributed by atoms with E-state index in [9.17, 15) is 5.26 Å².